The quantitative estimate of drug-likeness (QED) is 0.388. The summed E-state index contributed by atoms with van der Waals surface area (Å²) in [5.74, 6) is 0.0209. The van der Waals surface area contributed by atoms with Crippen LogP contribution in [0.3, 0.4) is 0 Å². The summed E-state index contributed by atoms with van der Waals surface area (Å²) in [7, 11) is 0. The van der Waals surface area contributed by atoms with Gasteiger partial charge in [-0.1, -0.05) is 16.8 Å². The predicted octanol–water partition coefficient (Wildman–Crippen LogP) is 2.44. The Morgan fingerprint density at radius 3 is 3.11 bits per heavy atom. The number of piperidine rings is 1. The number of hydrogen-bond acceptors (Lipinski definition) is 3. The molecule has 104 valence electrons. The van der Waals surface area contributed by atoms with Crippen LogP contribution in [0, 0.1) is 11.7 Å². The normalized spacial score (nSPS) is 21.6. The molecule has 1 heterocycles. The fraction of sp³-hybridized carbons (Fsp3) is 0.462. The molecule has 19 heavy (non-hydrogen) atoms. The minimum absolute atomic E-state index is 0.0287. The molecule has 0 bridgehead atoms. The van der Waals surface area contributed by atoms with Crippen molar-refractivity contribution < 1.29 is 9.60 Å². The van der Waals surface area contributed by atoms with Gasteiger partial charge in [0, 0.05) is 29.6 Å². The molecule has 0 spiro atoms. The summed E-state index contributed by atoms with van der Waals surface area (Å²) in [6, 6.07) is 4.56. The molecule has 2 rings (SSSR count). The van der Waals surface area contributed by atoms with Crippen molar-refractivity contribution in [3.63, 3.8) is 0 Å². The van der Waals surface area contributed by atoms with Crippen LogP contribution < -0.4 is 5.73 Å². The molecule has 1 aromatic carbocycles. The first-order valence-corrected chi connectivity index (χ1v) is 6.61. The Hall–Kier alpha value is -1.33. The highest BCUT2D eigenvalue weighted by molar-refractivity contribution is 6.30. The number of hydrogen-bond donors (Lipinski definition) is 2. The largest absolute Gasteiger partial charge is 0.409 e. The number of likely N-dealkylation sites (tertiary alicyclic amines) is 1. The van der Waals surface area contributed by atoms with Gasteiger partial charge in [-0.2, -0.15) is 0 Å². The third-order valence-electron chi connectivity index (χ3n) is 3.44. The minimum atomic E-state index is -0.254. The van der Waals surface area contributed by atoms with Crippen LogP contribution in [0.25, 0.3) is 0 Å². The number of rotatable bonds is 3. The van der Waals surface area contributed by atoms with Crippen LogP contribution in [-0.4, -0.2) is 29.0 Å². The molecular formula is C13H17ClFN3O. The van der Waals surface area contributed by atoms with Gasteiger partial charge in [0.1, 0.15) is 11.7 Å². The molecule has 1 fully saturated rings. The zero-order valence-corrected chi connectivity index (χ0v) is 11.3. The molecule has 1 saturated heterocycles. The maximum atomic E-state index is 13.7. The monoisotopic (exact) mass is 285 g/mol. The summed E-state index contributed by atoms with van der Waals surface area (Å²) in [5, 5.41) is 12.3. The lowest BCUT2D eigenvalue weighted by Gasteiger charge is -2.32. The van der Waals surface area contributed by atoms with Gasteiger partial charge < -0.3 is 10.9 Å². The molecule has 4 nitrogen and oxygen atoms in total. The first kappa shape index (κ1) is 14.1. The van der Waals surface area contributed by atoms with Gasteiger partial charge in [-0.15, -0.1) is 0 Å². The molecule has 1 unspecified atom stereocenters. The molecule has 1 aliphatic rings. The van der Waals surface area contributed by atoms with E-state index in [-0.39, 0.29) is 17.6 Å². The molecular weight excluding hydrogens is 269 g/mol. The summed E-state index contributed by atoms with van der Waals surface area (Å²) >= 11 is 5.88. The van der Waals surface area contributed by atoms with Gasteiger partial charge in [0.05, 0.1) is 0 Å². The van der Waals surface area contributed by atoms with Crippen molar-refractivity contribution in [2.45, 2.75) is 19.4 Å². The van der Waals surface area contributed by atoms with Gasteiger partial charge in [0.25, 0.3) is 0 Å². The lowest BCUT2D eigenvalue weighted by atomic mass is 9.96. The van der Waals surface area contributed by atoms with Crippen molar-refractivity contribution in [2.24, 2.45) is 16.8 Å². The first-order valence-electron chi connectivity index (χ1n) is 6.24. The van der Waals surface area contributed by atoms with Crippen molar-refractivity contribution in [3.8, 4) is 0 Å². The topological polar surface area (TPSA) is 61.9 Å². The van der Waals surface area contributed by atoms with Gasteiger partial charge in [0.2, 0.25) is 0 Å². The molecule has 0 saturated carbocycles. The summed E-state index contributed by atoms with van der Waals surface area (Å²) in [4.78, 5) is 2.10. The van der Waals surface area contributed by atoms with E-state index in [1.165, 1.54) is 12.1 Å². The van der Waals surface area contributed by atoms with Crippen LogP contribution in [0.2, 0.25) is 5.02 Å². The van der Waals surface area contributed by atoms with Gasteiger partial charge in [-0.25, -0.2) is 4.39 Å². The van der Waals surface area contributed by atoms with E-state index in [1.807, 2.05) is 0 Å². The number of halogens is 2. The van der Waals surface area contributed by atoms with E-state index in [4.69, 9.17) is 22.5 Å². The van der Waals surface area contributed by atoms with Crippen molar-refractivity contribution in [3.05, 3.63) is 34.6 Å². The highest BCUT2D eigenvalue weighted by atomic mass is 35.5. The zero-order chi connectivity index (χ0) is 13.8. The Bertz CT molecular complexity index is 481. The van der Waals surface area contributed by atoms with Gasteiger partial charge in [-0.05, 0) is 37.6 Å². The third kappa shape index (κ3) is 3.58. The van der Waals surface area contributed by atoms with Gasteiger partial charge in [-0.3, -0.25) is 4.90 Å². The zero-order valence-electron chi connectivity index (χ0n) is 10.5. The summed E-state index contributed by atoms with van der Waals surface area (Å²) < 4.78 is 13.7. The number of nitrogens with two attached hydrogens (primary N) is 1. The fourth-order valence-corrected chi connectivity index (χ4v) is 2.62. The van der Waals surface area contributed by atoms with Crippen LogP contribution in [0.15, 0.2) is 23.4 Å². The second kappa shape index (κ2) is 6.21. The Morgan fingerprint density at radius 1 is 1.58 bits per heavy atom. The van der Waals surface area contributed by atoms with E-state index in [2.05, 4.69) is 10.1 Å². The lowest BCUT2D eigenvalue weighted by molar-refractivity contribution is 0.191. The smallest absolute Gasteiger partial charge is 0.143 e. The van der Waals surface area contributed by atoms with Crippen molar-refractivity contribution >= 4 is 17.4 Å². The average molecular weight is 286 g/mol. The standard InChI is InChI=1S/C13H17ClFN3O/c14-11-3-4-12(15)10(6-11)8-18-5-1-2-9(7-18)13(16)17-19/h3-4,6,9,19H,1-2,5,7-8H2,(H2,16,17). The maximum absolute atomic E-state index is 13.7. The van der Waals surface area contributed by atoms with Crippen molar-refractivity contribution in [1.29, 1.82) is 0 Å². The molecule has 1 atom stereocenters. The van der Waals surface area contributed by atoms with E-state index in [0.717, 1.165) is 19.4 Å². The predicted molar refractivity (Wildman–Crippen MR) is 72.8 cm³/mol. The Labute approximate surface area is 116 Å². The maximum Gasteiger partial charge on any atom is 0.143 e. The number of amidine groups is 1. The highest BCUT2D eigenvalue weighted by Gasteiger charge is 2.23. The minimum Gasteiger partial charge on any atom is -0.409 e. The molecule has 1 aliphatic heterocycles. The Kier molecular flexibility index (Phi) is 4.61. The number of oxime groups is 1. The summed E-state index contributed by atoms with van der Waals surface area (Å²) in [5.41, 5.74) is 6.21. The van der Waals surface area contributed by atoms with Gasteiger partial charge in [0.15, 0.2) is 0 Å². The second-order valence-electron chi connectivity index (χ2n) is 4.83. The van der Waals surface area contributed by atoms with Crippen molar-refractivity contribution in [1.82, 2.24) is 4.90 Å². The van der Waals surface area contributed by atoms with Crippen LogP contribution in [0.4, 0.5) is 4.39 Å². The average Bonchev–Trinajstić information content (AvgIpc) is 2.42. The van der Waals surface area contributed by atoms with Crippen LogP contribution in [0.5, 0.6) is 0 Å². The van der Waals surface area contributed by atoms with E-state index < -0.39 is 0 Å². The fourth-order valence-electron chi connectivity index (χ4n) is 2.43. The number of nitrogens with zero attached hydrogens (tertiary/aromatic N) is 2. The van der Waals surface area contributed by atoms with E-state index >= 15 is 0 Å². The molecule has 0 aliphatic carbocycles. The lowest BCUT2D eigenvalue weighted by Crippen LogP contribution is -2.40. The molecule has 6 heteroatoms. The molecule has 0 radical (unpaired) electrons. The van der Waals surface area contributed by atoms with E-state index in [1.54, 1.807) is 6.07 Å². The van der Waals surface area contributed by atoms with Crippen molar-refractivity contribution in [2.75, 3.05) is 13.1 Å². The summed E-state index contributed by atoms with van der Waals surface area (Å²) in [6.07, 6.45) is 1.84. The summed E-state index contributed by atoms with van der Waals surface area (Å²) in [6.45, 7) is 2.03. The second-order valence-corrected chi connectivity index (χ2v) is 5.27. The Balaban J connectivity index is 2.04. The Morgan fingerprint density at radius 2 is 2.37 bits per heavy atom. The van der Waals surface area contributed by atoms with Crippen LogP contribution >= 0.6 is 11.6 Å². The van der Waals surface area contributed by atoms with Crippen LogP contribution in [0.1, 0.15) is 18.4 Å². The molecule has 0 aromatic heterocycles. The van der Waals surface area contributed by atoms with Crippen LogP contribution in [-0.2, 0) is 6.54 Å². The highest BCUT2D eigenvalue weighted by Crippen LogP contribution is 2.21. The SMILES string of the molecule is N/C(=N/O)C1CCCN(Cc2cc(Cl)ccc2F)C1. The van der Waals surface area contributed by atoms with E-state index in [9.17, 15) is 4.39 Å². The van der Waals surface area contributed by atoms with Gasteiger partial charge >= 0.3 is 0 Å². The molecule has 0 amide bonds. The number of benzene rings is 1. The molecule has 3 N–H and O–H groups in total. The third-order valence-corrected chi connectivity index (χ3v) is 3.68. The van der Waals surface area contributed by atoms with E-state index in [0.29, 0.717) is 23.7 Å². The molecule has 1 aromatic rings. The first-order chi connectivity index (χ1) is 9.10.